The van der Waals surface area contributed by atoms with Gasteiger partial charge in [0.25, 0.3) is 0 Å². The number of hydrogen-bond acceptors (Lipinski definition) is 5. The zero-order chi connectivity index (χ0) is 16.9. The SMILES string of the molecule is COc1ccccc1-c1ncc(NCCCN)c(C(C)(C)C)n1. The summed E-state index contributed by atoms with van der Waals surface area (Å²) in [5.74, 6) is 1.45. The number of nitrogens with zero attached hydrogens (tertiary/aromatic N) is 2. The Bertz CT molecular complexity index is 650. The molecule has 0 fully saturated rings. The normalized spacial score (nSPS) is 11.3. The first-order valence-electron chi connectivity index (χ1n) is 7.92. The highest BCUT2D eigenvalue weighted by Gasteiger charge is 2.22. The molecule has 0 bridgehead atoms. The number of hydrogen-bond donors (Lipinski definition) is 2. The Hall–Kier alpha value is -2.14. The number of benzene rings is 1. The van der Waals surface area contributed by atoms with E-state index in [1.807, 2.05) is 30.5 Å². The van der Waals surface area contributed by atoms with Gasteiger partial charge >= 0.3 is 0 Å². The van der Waals surface area contributed by atoms with Crippen LogP contribution in [0.2, 0.25) is 0 Å². The van der Waals surface area contributed by atoms with Crippen LogP contribution >= 0.6 is 0 Å². The van der Waals surface area contributed by atoms with Crippen LogP contribution in [0.4, 0.5) is 5.69 Å². The number of ether oxygens (including phenoxy) is 1. The van der Waals surface area contributed by atoms with Crippen molar-refractivity contribution in [3.8, 4) is 17.1 Å². The molecule has 0 aliphatic heterocycles. The lowest BCUT2D eigenvalue weighted by Crippen LogP contribution is -2.19. The van der Waals surface area contributed by atoms with E-state index in [4.69, 9.17) is 15.5 Å². The summed E-state index contributed by atoms with van der Waals surface area (Å²) in [6, 6.07) is 7.80. The van der Waals surface area contributed by atoms with Crippen molar-refractivity contribution in [3.63, 3.8) is 0 Å². The number of nitrogens with one attached hydrogen (secondary N) is 1. The van der Waals surface area contributed by atoms with Crippen molar-refractivity contribution >= 4 is 5.69 Å². The molecule has 0 saturated heterocycles. The minimum atomic E-state index is -0.0925. The molecule has 2 rings (SSSR count). The summed E-state index contributed by atoms with van der Waals surface area (Å²) in [7, 11) is 1.66. The standard InChI is InChI=1S/C18H26N4O/c1-18(2,3)16-14(20-11-7-10-19)12-21-17(22-16)13-8-5-6-9-15(13)23-4/h5-6,8-9,12,20H,7,10-11,19H2,1-4H3. The molecule has 3 N–H and O–H groups in total. The first kappa shape index (κ1) is 17.2. The van der Waals surface area contributed by atoms with E-state index in [1.165, 1.54) is 0 Å². The van der Waals surface area contributed by atoms with Crippen molar-refractivity contribution in [2.45, 2.75) is 32.6 Å². The molecular weight excluding hydrogens is 288 g/mol. The van der Waals surface area contributed by atoms with Crippen LogP contribution in [0.1, 0.15) is 32.9 Å². The number of aromatic nitrogens is 2. The lowest BCUT2D eigenvalue weighted by Gasteiger charge is -2.23. The lowest BCUT2D eigenvalue weighted by molar-refractivity contribution is 0.416. The van der Waals surface area contributed by atoms with E-state index in [2.05, 4.69) is 31.1 Å². The molecule has 1 aromatic carbocycles. The molecule has 0 saturated carbocycles. The first-order valence-corrected chi connectivity index (χ1v) is 7.92. The third-order valence-corrected chi connectivity index (χ3v) is 3.54. The fourth-order valence-corrected chi connectivity index (χ4v) is 2.37. The highest BCUT2D eigenvalue weighted by molar-refractivity contribution is 5.65. The van der Waals surface area contributed by atoms with Gasteiger partial charge in [0.15, 0.2) is 5.82 Å². The fourth-order valence-electron chi connectivity index (χ4n) is 2.37. The molecule has 0 atom stereocenters. The third-order valence-electron chi connectivity index (χ3n) is 3.54. The van der Waals surface area contributed by atoms with Crippen LogP contribution in [0, 0.1) is 0 Å². The van der Waals surface area contributed by atoms with E-state index < -0.39 is 0 Å². The van der Waals surface area contributed by atoms with E-state index in [9.17, 15) is 0 Å². The maximum Gasteiger partial charge on any atom is 0.163 e. The predicted molar refractivity (Wildman–Crippen MR) is 94.9 cm³/mol. The Morgan fingerprint density at radius 2 is 1.96 bits per heavy atom. The van der Waals surface area contributed by atoms with Gasteiger partial charge in [-0.15, -0.1) is 0 Å². The largest absolute Gasteiger partial charge is 0.496 e. The van der Waals surface area contributed by atoms with Gasteiger partial charge < -0.3 is 15.8 Å². The van der Waals surface area contributed by atoms with Gasteiger partial charge in [-0.3, -0.25) is 0 Å². The monoisotopic (exact) mass is 314 g/mol. The maximum absolute atomic E-state index is 5.56. The van der Waals surface area contributed by atoms with E-state index in [1.54, 1.807) is 7.11 Å². The zero-order valence-corrected chi connectivity index (χ0v) is 14.4. The number of anilines is 1. The highest BCUT2D eigenvalue weighted by atomic mass is 16.5. The summed E-state index contributed by atoms with van der Waals surface area (Å²) in [5, 5.41) is 3.39. The lowest BCUT2D eigenvalue weighted by atomic mass is 9.90. The molecule has 124 valence electrons. The van der Waals surface area contributed by atoms with Gasteiger partial charge in [-0.2, -0.15) is 0 Å². The molecule has 5 heteroatoms. The van der Waals surface area contributed by atoms with Crippen LogP contribution in [0.15, 0.2) is 30.5 Å². The number of para-hydroxylation sites is 1. The van der Waals surface area contributed by atoms with E-state index >= 15 is 0 Å². The van der Waals surface area contributed by atoms with Crippen LogP contribution in [0.3, 0.4) is 0 Å². The molecule has 1 heterocycles. The quantitative estimate of drug-likeness (QED) is 0.801. The maximum atomic E-state index is 5.56. The first-order chi connectivity index (χ1) is 11.0. The molecule has 5 nitrogen and oxygen atoms in total. The Morgan fingerprint density at radius 3 is 2.61 bits per heavy atom. The van der Waals surface area contributed by atoms with Gasteiger partial charge in [-0.05, 0) is 25.1 Å². The molecule has 0 radical (unpaired) electrons. The molecule has 0 unspecified atom stereocenters. The fraction of sp³-hybridized carbons (Fsp3) is 0.444. The van der Waals surface area contributed by atoms with Crippen molar-refractivity contribution < 1.29 is 4.74 Å². The molecule has 0 aliphatic rings. The second-order valence-corrected chi connectivity index (χ2v) is 6.48. The summed E-state index contributed by atoms with van der Waals surface area (Å²) in [4.78, 5) is 9.34. The van der Waals surface area contributed by atoms with Crippen molar-refractivity contribution in [2.24, 2.45) is 5.73 Å². The second-order valence-electron chi connectivity index (χ2n) is 6.48. The summed E-state index contributed by atoms with van der Waals surface area (Å²) in [6.45, 7) is 7.93. The third kappa shape index (κ3) is 4.20. The van der Waals surface area contributed by atoms with Gasteiger partial charge in [0, 0.05) is 12.0 Å². The van der Waals surface area contributed by atoms with Crippen LogP contribution in [0.5, 0.6) is 5.75 Å². The zero-order valence-electron chi connectivity index (χ0n) is 14.4. The van der Waals surface area contributed by atoms with E-state index in [0.717, 1.165) is 35.7 Å². The minimum absolute atomic E-state index is 0.0925. The van der Waals surface area contributed by atoms with Crippen molar-refractivity contribution in [1.29, 1.82) is 0 Å². The molecule has 0 spiro atoms. The van der Waals surface area contributed by atoms with Gasteiger partial charge in [0.2, 0.25) is 0 Å². The van der Waals surface area contributed by atoms with E-state index in [-0.39, 0.29) is 5.41 Å². The van der Waals surface area contributed by atoms with Gasteiger partial charge in [0.05, 0.1) is 30.3 Å². The summed E-state index contributed by atoms with van der Waals surface area (Å²) < 4.78 is 5.43. The smallest absolute Gasteiger partial charge is 0.163 e. The van der Waals surface area contributed by atoms with Gasteiger partial charge in [-0.1, -0.05) is 32.9 Å². The molecule has 0 amide bonds. The molecule has 0 aliphatic carbocycles. The van der Waals surface area contributed by atoms with Crippen molar-refractivity contribution in [1.82, 2.24) is 9.97 Å². The van der Waals surface area contributed by atoms with Crippen LogP contribution < -0.4 is 15.8 Å². The van der Waals surface area contributed by atoms with Crippen molar-refractivity contribution in [2.75, 3.05) is 25.5 Å². The predicted octanol–water partition coefficient (Wildman–Crippen LogP) is 3.21. The Morgan fingerprint density at radius 1 is 1.22 bits per heavy atom. The Labute approximate surface area is 138 Å². The van der Waals surface area contributed by atoms with Gasteiger partial charge in [-0.25, -0.2) is 9.97 Å². The summed E-state index contributed by atoms with van der Waals surface area (Å²) in [6.07, 6.45) is 2.77. The van der Waals surface area contributed by atoms with E-state index in [0.29, 0.717) is 12.4 Å². The Balaban J connectivity index is 2.44. The second kappa shape index (κ2) is 7.42. The molecular formula is C18H26N4O. The van der Waals surface area contributed by atoms with Gasteiger partial charge in [0.1, 0.15) is 5.75 Å². The van der Waals surface area contributed by atoms with Crippen molar-refractivity contribution in [3.05, 3.63) is 36.2 Å². The highest BCUT2D eigenvalue weighted by Crippen LogP contribution is 2.32. The molecule has 1 aromatic heterocycles. The molecule has 2 aromatic rings. The number of rotatable bonds is 6. The average Bonchev–Trinajstić information content (AvgIpc) is 2.54. The average molecular weight is 314 g/mol. The topological polar surface area (TPSA) is 73.1 Å². The summed E-state index contributed by atoms with van der Waals surface area (Å²) in [5.41, 5.74) is 8.32. The number of methoxy groups -OCH3 is 1. The Kier molecular flexibility index (Phi) is 5.55. The van der Waals surface area contributed by atoms with Crippen LogP contribution in [-0.4, -0.2) is 30.2 Å². The molecule has 23 heavy (non-hydrogen) atoms. The minimum Gasteiger partial charge on any atom is -0.496 e. The van der Waals surface area contributed by atoms with Crippen LogP contribution in [0.25, 0.3) is 11.4 Å². The van der Waals surface area contributed by atoms with Crippen LogP contribution in [-0.2, 0) is 5.41 Å². The number of nitrogens with two attached hydrogens (primary N) is 1. The summed E-state index contributed by atoms with van der Waals surface area (Å²) >= 11 is 0.